The highest BCUT2D eigenvalue weighted by molar-refractivity contribution is 5.79. The molecule has 0 aromatic heterocycles. The molecule has 2 atom stereocenters. The van der Waals surface area contributed by atoms with Crippen molar-refractivity contribution in [3.63, 3.8) is 0 Å². The second-order valence-corrected chi connectivity index (χ2v) is 7.74. The predicted octanol–water partition coefficient (Wildman–Crippen LogP) is 1.73. The molecule has 5 nitrogen and oxygen atoms in total. The summed E-state index contributed by atoms with van der Waals surface area (Å²) in [4.78, 5) is 12.1. The Kier molecular flexibility index (Phi) is 4.07. The molecule has 2 unspecified atom stereocenters. The molecule has 1 aliphatic carbocycles. The van der Waals surface area contributed by atoms with Gasteiger partial charge in [0.1, 0.15) is 5.54 Å². The van der Waals surface area contributed by atoms with Crippen LogP contribution in [0.5, 0.6) is 0 Å². The first-order valence-corrected chi connectivity index (χ1v) is 7.74. The monoisotopic (exact) mass is 293 g/mol. The summed E-state index contributed by atoms with van der Waals surface area (Å²) in [5, 5.41) is 15.4. The molecular formula is C16H27N3O2. The number of nitrogens with one attached hydrogen (secondary N) is 2. The first kappa shape index (κ1) is 16.3. The third kappa shape index (κ3) is 3.75. The lowest BCUT2D eigenvalue weighted by Crippen LogP contribution is -2.52. The van der Waals surface area contributed by atoms with Crippen LogP contribution in [0.1, 0.15) is 53.9 Å². The van der Waals surface area contributed by atoms with Crippen molar-refractivity contribution in [3.8, 4) is 6.07 Å². The highest BCUT2D eigenvalue weighted by atomic mass is 16.5. The molecule has 21 heavy (non-hydrogen) atoms. The molecule has 1 heterocycles. The number of nitriles is 1. The van der Waals surface area contributed by atoms with Crippen LogP contribution >= 0.6 is 0 Å². The number of rotatable bonds is 5. The van der Waals surface area contributed by atoms with Crippen LogP contribution in [0.25, 0.3) is 0 Å². The van der Waals surface area contributed by atoms with Crippen molar-refractivity contribution in [2.24, 2.45) is 5.92 Å². The molecule has 0 bridgehead atoms. The van der Waals surface area contributed by atoms with E-state index >= 15 is 0 Å². The smallest absolute Gasteiger partial charge is 0.235 e. The zero-order valence-electron chi connectivity index (χ0n) is 13.7. The van der Waals surface area contributed by atoms with Gasteiger partial charge in [0, 0.05) is 6.04 Å². The predicted molar refractivity (Wildman–Crippen MR) is 80.5 cm³/mol. The third-order valence-electron chi connectivity index (χ3n) is 4.61. The Morgan fingerprint density at radius 2 is 2.00 bits per heavy atom. The van der Waals surface area contributed by atoms with Crippen LogP contribution in [0.15, 0.2) is 0 Å². The Hall–Kier alpha value is -1.12. The Balaban J connectivity index is 1.86. The van der Waals surface area contributed by atoms with Gasteiger partial charge in [0.05, 0.1) is 23.8 Å². The number of nitrogens with zero attached hydrogens (tertiary/aromatic N) is 1. The average Bonchev–Trinajstić information content (AvgIpc) is 3.14. The number of ether oxygens (including phenoxy) is 1. The van der Waals surface area contributed by atoms with Gasteiger partial charge < -0.3 is 15.4 Å². The lowest BCUT2D eigenvalue weighted by molar-refractivity contribution is -0.122. The summed E-state index contributed by atoms with van der Waals surface area (Å²) < 4.78 is 6.00. The number of amides is 1. The van der Waals surface area contributed by atoms with E-state index in [1.165, 1.54) is 0 Å². The third-order valence-corrected chi connectivity index (χ3v) is 4.61. The summed E-state index contributed by atoms with van der Waals surface area (Å²) in [6.45, 7) is 10.3. The molecule has 1 aliphatic heterocycles. The summed E-state index contributed by atoms with van der Waals surface area (Å²) in [5.74, 6) is 0.183. The number of carbonyl (C=O) groups is 1. The molecule has 0 spiro atoms. The molecule has 1 saturated carbocycles. The van der Waals surface area contributed by atoms with Crippen molar-refractivity contribution >= 4 is 5.91 Å². The lowest BCUT2D eigenvalue weighted by atomic mass is 9.94. The lowest BCUT2D eigenvalue weighted by Gasteiger charge is -2.28. The van der Waals surface area contributed by atoms with Crippen LogP contribution in [0.2, 0.25) is 0 Å². The van der Waals surface area contributed by atoms with E-state index in [-0.39, 0.29) is 29.7 Å². The van der Waals surface area contributed by atoms with E-state index < -0.39 is 5.54 Å². The van der Waals surface area contributed by atoms with Crippen molar-refractivity contribution in [3.05, 3.63) is 0 Å². The standard InChI is InChI=1S/C16H27N3O2/c1-14(2)8-12(15(3,4)21-14)18-9-13(20)19-16(5,10-17)11-6-7-11/h11-12,18H,6-9H2,1-5H3,(H,19,20). The molecule has 118 valence electrons. The van der Waals surface area contributed by atoms with Crippen LogP contribution < -0.4 is 10.6 Å². The molecule has 2 N–H and O–H groups in total. The molecule has 1 amide bonds. The van der Waals surface area contributed by atoms with Gasteiger partial charge in [-0.1, -0.05) is 0 Å². The van der Waals surface area contributed by atoms with Crippen molar-refractivity contribution < 1.29 is 9.53 Å². The number of hydrogen-bond donors (Lipinski definition) is 2. The van der Waals surface area contributed by atoms with Crippen molar-refractivity contribution in [2.75, 3.05) is 6.54 Å². The Morgan fingerprint density at radius 1 is 1.38 bits per heavy atom. The highest BCUT2D eigenvalue weighted by Crippen LogP contribution is 2.39. The Morgan fingerprint density at radius 3 is 2.43 bits per heavy atom. The van der Waals surface area contributed by atoms with Gasteiger partial charge in [0.2, 0.25) is 5.91 Å². The van der Waals surface area contributed by atoms with Crippen LogP contribution in [-0.4, -0.2) is 35.2 Å². The normalized spacial score (nSPS) is 29.4. The minimum Gasteiger partial charge on any atom is -0.368 e. The number of carbonyl (C=O) groups excluding carboxylic acids is 1. The van der Waals surface area contributed by atoms with Gasteiger partial charge in [-0.3, -0.25) is 4.79 Å². The molecule has 2 fully saturated rings. The zero-order valence-corrected chi connectivity index (χ0v) is 13.7. The molecule has 5 heteroatoms. The average molecular weight is 293 g/mol. The maximum Gasteiger partial charge on any atom is 0.235 e. The Bertz CT molecular complexity index is 463. The van der Waals surface area contributed by atoms with Crippen LogP contribution in [0.3, 0.4) is 0 Å². The molecule has 1 saturated heterocycles. The first-order valence-electron chi connectivity index (χ1n) is 7.74. The van der Waals surface area contributed by atoms with Crippen LogP contribution in [-0.2, 0) is 9.53 Å². The van der Waals surface area contributed by atoms with Gasteiger partial charge in [-0.05, 0) is 59.8 Å². The van der Waals surface area contributed by atoms with Gasteiger partial charge >= 0.3 is 0 Å². The van der Waals surface area contributed by atoms with E-state index in [0.717, 1.165) is 19.3 Å². The second-order valence-electron chi connectivity index (χ2n) is 7.74. The second kappa shape index (κ2) is 5.26. The fourth-order valence-corrected chi connectivity index (χ4v) is 3.31. The largest absolute Gasteiger partial charge is 0.368 e. The van der Waals surface area contributed by atoms with Gasteiger partial charge in [-0.2, -0.15) is 5.26 Å². The van der Waals surface area contributed by atoms with E-state index in [0.29, 0.717) is 5.92 Å². The zero-order chi connectivity index (χ0) is 15.9. The highest BCUT2D eigenvalue weighted by Gasteiger charge is 2.46. The molecular weight excluding hydrogens is 266 g/mol. The van der Waals surface area contributed by atoms with Crippen LogP contribution in [0, 0.1) is 17.2 Å². The summed E-state index contributed by atoms with van der Waals surface area (Å²) in [7, 11) is 0. The molecule has 2 rings (SSSR count). The topological polar surface area (TPSA) is 74.2 Å². The van der Waals surface area contributed by atoms with Crippen molar-refractivity contribution in [2.45, 2.75) is 76.7 Å². The van der Waals surface area contributed by atoms with Gasteiger partial charge in [-0.15, -0.1) is 0 Å². The minimum atomic E-state index is -0.722. The summed E-state index contributed by atoms with van der Waals surface area (Å²) >= 11 is 0. The van der Waals surface area contributed by atoms with E-state index in [2.05, 4.69) is 30.6 Å². The van der Waals surface area contributed by atoms with Crippen LogP contribution in [0.4, 0.5) is 0 Å². The van der Waals surface area contributed by atoms with E-state index in [4.69, 9.17) is 4.74 Å². The quantitative estimate of drug-likeness (QED) is 0.809. The van der Waals surface area contributed by atoms with Crippen molar-refractivity contribution in [1.82, 2.24) is 10.6 Å². The van der Waals surface area contributed by atoms with E-state index in [1.54, 1.807) is 0 Å². The minimum absolute atomic E-state index is 0.119. The molecule has 0 aromatic carbocycles. The maximum atomic E-state index is 12.1. The van der Waals surface area contributed by atoms with E-state index in [1.807, 2.05) is 20.8 Å². The van der Waals surface area contributed by atoms with Gasteiger partial charge in [-0.25, -0.2) is 0 Å². The Labute approximate surface area is 127 Å². The summed E-state index contributed by atoms with van der Waals surface area (Å²) in [6, 6.07) is 2.38. The fraction of sp³-hybridized carbons (Fsp3) is 0.875. The van der Waals surface area contributed by atoms with E-state index in [9.17, 15) is 10.1 Å². The maximum absolute atomic E-state index is 12.1. The van der Waals surface area contributed by atoms with Gasteiger partial charge in [0.15, 0.2) is 0 Å². The fourth-order valence-electron chi connectivity index (χ4n) is 3.31. The SMILES string of the molecule is CC1(C)CC(NCC(=O)NC(C)(C#N)C2CC2)C(C)(C)O1. The number of hydrogen-bond acceptors (Lipinski definition) is 4. The first-order chi connectivity index (χ1) is 9.58. The molecule has 0 radical (unpaired) electrons. The van der Waals surface area contributed by atoms with Gasteiger partial charge in [0.25, 0.3) is 0 Å². The van der Waals surface area contributed by atoms with Crippen molar-refractivity contribution in [1.29, 1.82) is 5.26 Å². The molecule has 2 aliphatic rings. The summed E-state index contributed by atoms with van der Waals surface area (Å²) in [5.41, 5.74) is -1.19. The summed E-state index contributed by atoms with van der Waals surface area (Å²) in [6.07, 6.45) is 2.91. The molecule has 0 aromatic rings.